The molecule has 3 aliphatic carbocycles. The third-order valence-electron chi connectivity index (χ3n) is 18.6. The zero-order valence-corrected chi connectivity index (χ0v) is 45.9. The van der Waals surface area contributed by atoms with E-state index < -0.39 is 0 Å². The largest absolute Gasteiger partial charge is 0.311 e. The molecule has 12 rings (SSSR count). The fourth-order valence-corrected chi connectivity index (χ4v) is 15.5. The molecule has 0 N–H and O–H groups in total. The molecule has 3 heteroatoms. The molecule has 0 unspecified atom stereocenters. The van der Waals surface area contributed by atoms with Gasteiger partial charge in [-0.3, -0.25) is 0 Å². The first-order valence-corrected chi connectivity index (χ1v) is 26.7. The normalized spacial score (nSPS) is 19.5. The summed E-state index contributed by atoms with van der Waals surface area (Å²) in [5, 5.41) is 0. The predicted octanol–water partition coefficient (Wildman–Crippen LogP) is 16.2. The Morgan fingerprint density at radius 1 is 0.408 bits per heavy atom. The topological polar surface area (TPSA) is 6.48 Å². The fraction of sp³-hybridized carbons (Fsp3) is 0.382. The van der Waals surface area contributed by atoms with Gasteiger partial charge in [0.15, 0.2) is 0 Å². The summed E-state index contributed by atoms with van der Waals surface area (Å²) >= 11 is 0. The summed E-state index contributed by atoms with van der Waals surface area (Å²) in [6.07, 6.45) is 2.24. The first kappa shape index (κ1) is 46.3. The lowest BCUT2D eigenvalue weighted by Crippen LogP contribution is -2.62. The van der Waals surface area contributed by atoms with Crippen molar-refractivity contribution in [3.8, 4) is 11.1 Å². The Morgan fingerprint density at radius 3 is 1.34 bits per heavy atom. The zero-order valence-electron chi connectivity index (χ0n) is 45.9. The van der Waals surface area contributed by atoms with Crippen molar-refractivity contribution in [2.45, 2.75) is 168 Å². The number of anilines is 6. The number of hydrogen-bond donors (Lipinski definition) is 0. The van der Waals surface area contributed by atoms with E-state index in [9.17, 15) is 0 Å². The van der Waals surface area contributed by atoms with Gasteiger partial charge in [-0.25, -0.2) is 0 Å². The monoisotopic (exact) mass is 931 g/mol. The lowest BCUT2D eigenvalue weighted by atomic mass is 9.33. The second-order valence-electron chi connectivity index (χ2n) is 27.5. The van der Waals surface area contributed by atoms with Crippen molar-refractivity contribution in [1.29, 1.82) is 0 Å². The van der Waals surface area contributed by atoms with E-state index in [1.54, 1.807) is 0 Å². The Morgan fingerprint density at radius 2 is 0.845 bits per heavy atom. The number of rotatable bonds is 3. The van der Waals surface area contributed by atoms with Crippen LogP contribution in [0.3, 0.4) is 0 Å². The van der Waals surface area contributed by atoms with Crippen molar-refractivity contribution in [1.82, 2.24) is 0 Å². The molecule has 0 bridgehead atoms. The van der Waals surface area contributed by atoms with Crippen LogP contribution < -0.4 is 26.2 Å². The molecule has 2 heterocycles. The highest BCUT2D eigenvalue weighted by molar-refractivity contribution is 7.00. The molecule has 0 spiro atoms. The van der Waals surface area contributed by atoms with Crippen molar-refractivity contribution in [3.63, 3.8) is 0 Å². The molecule has 7 aromatic rings. The summed E-state index contributed by atoms with van der Waals surface area (Å²) in [7, 11) is 0. The minimum Gasteiger partial charge on any atom is -0.311 e. The molecular weight excluding hydrogens is 856 g/mol. The van der Waals surface area contributed by atoms with E-state index in [2.05, 4.69) is 249 Å². The van der Waals surface area contributed by atoms with Crippen molar-refractivity contribution in [2.75, 3.05) is 9.80 Å². The van der Waals surface area contributed by atoms with Crippen LogP contribution in [0.25, 0.3) is 11.1 Å². The van der Waals surface area contributed by atoms with E-state index in [1.807, 2.05) is 0 Å². The maximum absolute atomic E-state index is 2.74. The van der Waals surface area contributed by atoms with E-state index in [0.29, 0.717) is 0 Å². The second-order valence-corrected chi connectivity index (χ2v) is 27.5. The number of benzene rings is 7. The van der Waals surface area contributed by atoms with Gasteiger partial charge in [-0.15, -0.1) is 0 Å². The van der Waals surface area contributed by atoms with E-state index >= 15 is 0 Å². The summed E-state index contributed by atoms with van der Waals surface area (Å²) in [4.78, 5) is 5.45. The standard InChI is InChI=1S/C68H75BN2/c1-40-29-59-61-60(30-40)71(56-37-52-51(31-41(56)2)67(14,15)45-25-21-22-26-46(45)68(52,16)17)58-36-50-48(64(8,9)39-66(50,12)13)34-54(58)69(61)53-33-47-49(65(10,11)38-63(47,6)7)35-57(53)70(59)55-28-27-43(62(3,4)5)32-44(55)42-23-19-18-20-24-42/h18-37H,38-39H2,1-17H3. The Balaban J connectivity index is 1.22. The van der Waals surface area contributed by atoms with Gasteiger partial charge in [-0.05, 0) is 179 Å². The molecule has 0 aromatic heterocycles. The number of aryl methyl sites for hydroxylation is 2. The summed E-state index contributed by atoms with van der Waals surface area (Å²) in [6, 6.07) is 48.7. The van der Waals surface area contributed by atoms with Gasteiger partial charge in [0.2, 0.25) is 0 Å². The lowest BCUT2D eigenvalue weighted by Gasteiger charge is -2.47. The first-order valence-electron chi connectivity index (χ1n) is 26.7. The average molecular weight is 931 g/mol. The summed E-state index contributed by atoms with van der Waals surface area (Å²) in [6.45, 7) is 41.4. The lowest BCUT2D eigenvalue weighted by molar-refractivity contribution is 0.403. The quantitative estimate of drug-likeness (QED) is 0.163. The van der Waals surface area contributed by atoms with Crippen molar-refractivity contribution < 1.29 is 0 Å². The SMILES string of the molecule is Cc1cc2c3c(c1)N(c1ccc(C(C)(C)C)cc1-c1ccccc1)c1cc4c(cc1B3c1cc3c(cc1N2c1cc2c(cc1C)C(C)(C)c1ccccc1C2(C)C)C(C)(C)CC3(C)C)C(C)(C)CC4(C)C. The van der Waals surface area contributed by atoms with Crippen molar-refractivity contribution in [2.24, 2.45) is 0 Å². The Labute approximate surface area is 427 Å². The molecule has 7 aromatic carbocycles. The van der Waals surface area contributed by atoms with Crippen LogP contribution in [-0.2, 0) is 37.9 Å². The molecule has 5 aliphatic rings. The van der Waals surface area contributed by atoms with Crippen LogP contribution in [0, 0.1) is 13.8 Å². The third-order valence-corrected chi connectivity index (χ3v) is 18.6. The van der Waals surface area contributed by atoms with Crippen molar-refractivity contribution >= 4 is 57.2 Å². The number of hydrogen-bond acceptors (Lipinski definition) is 2. The molecule has 2 nitrogen and oxygen atoms in total. The highest BCUT2D eigenvalue weighted by Gasteiger charge is 2.51. The van der Waals surface area contributed by atoms with Gasteiger partial charge >= 0.3 is 0 Å². The Hall–Kier alpha value is -5.80. The van der Waals surface area contributed by atoms with Gasteiger partial charge in [0.05, 0.1) is 5.69 Å². The zero-order chi connectivity index (χ0) is 50.5. The van der Waals surface area contributed by atoms with Crippen LogP contribution in [-0.4, -0.2) is 6.71 Å². The molecule has 71 heavy (non-hydrogen) atoms. The Kier molecular flexibility index (Phi) is 9.42. The molecule has 360 valence electrons. The average Bonchev–Trinajstić information content (AvgIpc) is 3.60. The maximum atomic E-state index is 2.74. The molecular formula is C68H75BN2. The van der Waals surface area contributed by atoms with E-state index in [1.165, 1.54) is 123 Å². The minimum atomic E-state index is -0.190. The van der Waals surface area contributed by atoms with Crippen LogP contribution in [0.2, 0.25) is 0 Å². The highest BCUT2D eigenvalue weighted by Crippen LogP contribution is 2.57. The van der Waals surface area contributed by atoms with Crippen LogP contribution in [0.1, 0.15) is 178 Å². The van der Waals surface area contributed by atoms with Gasteiger partial charge < -0.3 is 9.80 Å². The highest BCUT2D eigenvalue weighted by atomic mass is 15.2. The smallest absolute Gasteiger partial charge is 0.252 e. The molecule has 0 atom stereocenters. The van der Waals surface area contributed by atoms with E-state index in [-0.39, 0.29) is 44.6 Å². The van der Waals surface area contributed by atoms with Gasteiger partial charge in [0, 0.05) is 44.8 Å². The molecule has 0 amide bonds. The van der Waals surface area contributed by atoms with Crippen LogP contribution in [0.5, 0.6) is 0 Å². The second kappa shape index (κ2) is 14.5. The summed E-state index contributed by atoms with van der Waals surface area (Å²) in [5.74, 6) is 0. The molecule has 0 radical (unpaired) electrons. The van der Waals surface area contributed by atoms with Crippen LogP contribution in [0.4, 0.5) is 34.1 Å². The Bertz CT molecular complexity index is 3440. The predicted molar refractivity (Wildman–Crippen MR) is 306 cm³/mol. The van der Waals surface area contributed by atoms with Gasteiger partial charge in [0.1, 0.15) is 0 Å². The van der Waals surface area contributed by atoms with E-state index in [0.717, 1.165) is 12.8 Å². The molecule has 0 saturated carbocycles. The molecule has 2 aliphatic heterocycles. The first-order chi connectivity index (χ1) is 33.1. The van der Waals surface area contributed by atoms with Gasteiger partial charge in [0.25, 0.3) is 6.71 Å². The summed E-state index contributed by atoms with van der Waals surface area (Å²) < 4.78 is 0. The van der Waals surface area contributed by atoms with Crippen molar-refractivity contribution in [3.05, 3.63) is 183 Å². The summed E-state index contributed by atoms with van der Waals surface area (Å²) in [5.41, 5.74) is 29.9. The van der Waals surface area contributed by atoms with Gasteiger partial charge in [-0.2, -0.15) is 0 Å². The van der Waals surface area contributed by atoms with Crippen LogP contribution in [0.15, 0.2) is 121 Å². The fourth-order valence-electron chi connectivity index (χ4n) is 15.5. The van der Waals surface area contributed by atoms with Gasteiger partial charge in [-0.1, -0.05) is 183 Å². The molecule has 0 saturated heterocycles. The maximum Gasteiger partial charge on any atom is 0.252 e. The third kappa shape index (κ3) is 6.45. The number of nitrogens with zero attached hydrogens (tertiary/aromatic N) is 2. The molecule has 0 fully saturated rings. The van der Waals surface area contributed by atoms with Crippen LogP contribution >= 0.6 is 0 Å². The van der Waals surface area contributed by atoms with E-state index in [4.69, 9.17) is 0 Å². The minimum absolute atomic E-state index is 0.0166. The number of fused-ring (bicyclic) bond motifs is 8.